The van der Waals surface area contributed by atoms with Crippen molar-refractivity contribution in [3.63, 3.8) is 0 Å². The number of hydrogen-bond acceptors (Lipinski definition) is 6. The third-order valence-corrected chi connectivity index (χ3v) is 7.92. The first kappa shape index (κ1) is 23.2. The van der Waals surface area contributed by atoms with Gasteiger partial charge in [0.25, 0.3) is 0 Å². The number of carboxylic acid groups (broad SMARTS) is 1. The number of carboxylic acids is 1. The standard InChI is InChI=1S/C26H29FN2O4S/c1-26(32)8-11-29(12-9-26)10-2-3-16-13-18(27)4-7-22(16)34-28-21-6-5-19-20-14-17(20)15-33-24(19)23(21)25(30)31/h2-7,13,17,20,28,32H,8-12,14-15H2,1H3,(H,30,31)/b3-2-/t17-,20?/m0/s1. The van der Waals surface area contributed by atoms with Crippen molar-refractivity contribution in [1.29, 1.82) is 0 Å². The Morgan fingerprint density at radius 3 is 2.88 bits per heavy atom. The highest BCUT2D eigenvalue weighted by Crippen LogP contribution is 2.55. The summed E-state index contributed by atoms with van der Waals surface area (Å²) in [6, 6.07) is 8.31. The second kappa shape index (κ2) is 9.24. The zero-order valence-electron chi connectivity index (χ0n) is 19.1. The number of piperidine rings is 1. The molecule has 1 saturated heterocycles. The zero-order valence-corrected chi connectivity index (χ0v) is 19.9. The first-order valence-electron chi connectivity index (χ1n) is 11.7. The maximum absolute atomic E-state index is 14.0. The van der Waals surface area contributed by atoms with Crippen molar-refractivity contribution in [1.82, 2.24) is 4.90 Å². The summed E-state index contributed by atoms with van der Waals surface area (Å²) in [5.41, 5.74) is 1.72. The van der Waals surface area contributed by atoms with E-state index in [1.165, 1.54) is 24.1 Å². The number of fused-ring (bicyclic) bond motifs is 3. The van der Waals surface area contributed by atoms with Crippen LogP contribution in [0.25, 0.3) is 6.08 Å². The van der Waals surface area contributed by atoms with E-state index in [1.807, 2.05) is 25.1 Å². The number of likely N-dealkylation sites (tertiary alicyclic amines) is 1. The van der Waals surface area contributed by atoms with Crippen LogP contribution in [0.3, 0.4) is 0 Å². The molecule has 0 radical (unpaired) electrons. The molecule has 2 atom stereocenters. The minimum Gasteiger partial charge on any atom is -0.492 e. The van der Waals surface area contributed by atoms with Crippen LogP contribution in [-0.2, 0) is 0 Å². The smallest absolute Gasteiger partial charge is 0.341 e. The molecule has 1 saturated carbocycles. The fourth-order valence-corrected chi connectivity index (χ4v) is 5.52. The molecule has 34 heavy (non-hydrogen) atoms. The van der Waals surface area contributed by atoms with E-state index in [9.17, 15) is 19.4 Å². The number of nitrogens with zero attached hydrogens (tertiary/aromatic N) is 1. The van der Waals surface area contributed by atoms with Crippen molar-refractivity contribution >= 4 is 29.7 Å². The predicted octanol–water partition coefficient (Wildman–Crippen LogP) is 5.00. The summed E-state index contributed by atoms with van der Waals surface area (Å²) >= 11 is 1.25. The van der Waals surface area contributed by atoms with E-state index >= 15 is 0 Å². The molecule has 2 aliphatic heterocycles. The van der Waals surface area contributed by atoms with Crippen LogP contribution in [0.1, 0.15) is 53.6 Å². The van der Waals surface area contributed by atoms with Crippen molar-refractivity contribution in [3.8, 4) is 5.75 Å². The zero-order chi connectivity index (χ0) is 23.9. The summed E-state index contributed by atoms with van der Waals surface area (Å²) in [5.74, 6) is 0.0261. The number of hydrogen-bond donors (Lipinski definition) is 3. The molecular weight excluding hydrogens is 455 g/mol. The van der Waals surface area contributed by atoms with Crippen LogP contribution in [-0.4, -0.2) is 52.9 Å². The number of aliphatic hydroxyl groups is 1. The lowest BCUT2D eigenvalue weighted by Crippen LogP contribution is -2.42. The van der Waals surface area contributed by atoms with Crippen LogP contribution >= 0.6 is 11.9 Å². The Labute approximate surface area is 202 Å². The lowest BCUT2D eigenvalue weighted by Gasteiger charge is -2.35. The first-order chi connectivity index (χ1) is 16.3. The van der Waals surface area contributed by atoms with E-state index in [2.05, 4.69) is 9.62 Å². The maximum Gasteiger partial charge on any atom is 0.341 e. The average molecular weight is 485 g/mol. The summed E-state index contributed by atoms with van der Waals surface area (Å²) in [6.07, 6.45) is 6.42. The SMILES string of the molecule is CC1(O)CCN(C/C=C\c2cc(F)ccc2SNc2ccc3c(c2C(=O)O)OC[C@@H]2CC32)CC1. The van der Waals surface area contributed by atoms with Crippen molar-refractivity contribution < 1.29 is 24.1 Å². The molecule has 5 rings (SSSR count). The number of benzene rings is 2. The second-order valence-corrected chi connectivity index (χ2v) is 10.6. The average Bonchev–Trinajstić information content (AvgIpc) is 3.59. The van der Waals surface area contributed by atoms with Gasteiger partial charge < -0.3 is 19.7 Å². The lowest BCUT2D eigenvalue weighted by molar-refractivity contribution is -0.00242. The van der Waals surface area contributed by atoms with Crippen molar-refractivity contribution in [2.24, 2.45) is 5.92 Å². The molecule has 180 valence electrons. The molecule has 2 aromatic carbocycles. The number of carbonyl (C=O) groups is 1. The van der Waals surface area contributed by atoms with E-state index < -0.39 is 11.6 Å². The molecule has 0 spiro atoms. The summed E-state index contributed by atoms with van der Waals surface area (Å²) in [6.45, 7) is 4.80. The molecule has 2 fully saturated rings. The van der Waals surface area contributed by atoms with Crippen LogP contribution in [0.5, 0.6) is 5.75 Å². The number of anilines is 1. The molecule has 8 heteroatoms. The quantitative estimate of drug-likeness (QED) is 0.477. The fraction of sp³-hybridized carbons (Fsp3) is 0.423. The largest absolute Gasteiger partial charge is 0.492 e. The number of nitrogens with one attached hydrogen (secondary N) is 1. The van der Waals surface area contributed by atoms with Gasteiger partial charge in [-0.25, -0.2) is 9.18 Å². The van der Waals surface area contributed by atoms with Crippen molar-refractivity contribution in [2.45, 2.75) is 42.6 Å². The second-order valence-electron chi connectivity index (χ2n) is 9.71. The van der Waals surface area contributed by atoms with Crippen molar-refractivity contribution in [3.05, 3.63) is 58.9 Å². The van der Waals surface area contributed by atoms with Gasteiger partial charge in [0, 0.05) is 30.4 Å². The summed E-state index contributed by atoms with van der Waals surface area (Å²) < 4.78 is 23.0. The molecule has 3 aliphatic rings. The van der Waals surface area contributed by atoms with Gasteiger partial charge in [0.15, 0.2) is 0 Å². The molecule has 6 nitrogen and oxygen atoms in total. The maximum atomic E-state index is 14.0. The van der Waals surface area contributed by atoms with Gasteiger partial charge in [-0.3, -0.25) is 4.90 Å². The molecule has 2 aromatic rings. The van der Waals surface area contributed by atoms with Crippen LogP contribution in [0.2, 0.25) is 0 Å². The van der Waals surface area contributed by atoms with Crippen LogP contribution in [0, 0.1) is 11.7 Å². The number of ether oxygens (including phenoxy) is 1. The summed E-state index contributed by atoms with van der Waals surface area (Å²) in [7, 11) is 0. The van der Waals surface area contributed by atoms with Gasteiger partial charge in [-0.2, -0.15) is 0 Å². The molecule has 0 amide bonds. The predicted molar refractivity (Wildman–Crippen MR) is 131 cm³/mol. The lowest BCUT2D eigenvalue weighted by atomic mass is 9.94. The summed E-state index contributed by atoms with van der Waals surface area (Å²) in [4.78, 5) is 15.1. The Kier molecular flexibility index (Phi) is 6.31. The van der Waals surface area contributed by atoms with Crippen molar-refractivity contribution in [2.75, 3.05) is 31.0 Å². The molecule has 3 N–H and O–H groups in total. The molecule has 2 heterocycles. The highest BCUT2D eigenvalue weighted by Gasteiger charge is 2.45. The summed E-state index contributed by atoms with van der Waals surface area (Å²) in [5, 5.41) is 20.0. The Morgan fingerprint density at radius 1 is 1.32 bits per heavy atom. The number of halogens is 1. The third-order valence-electron chi connectivity index (χ3n) is 7.00. The van der Waals surface area contributed by atoms with E-state index in [0.29, 0.717) is 35.4 Å². The van der Waals surface area contributed by atoms with Gasteiger partial charge in [0.1, 0.15) is 17.1 Å². The first-order valence-corrected chi connectivity index (χ1v) is 12.5. The van der Waals surface area contributed by atoms with Crippen LogP contribution in [0.15, 0.2) is 41.3 Å². The highest BCUT2D eigenvalue weighted by atomic mass is 32.2. The van der Waals surface area contributed by atoms with E-state index in [4.69, 9.17) is 4.74 Å². The monoisotopic (exact) mass is 484 g/mol. The van der Waals surface area contributed by atoms with E-state index in [0.717, 1.165) is 49.4 Å². The fourth-order valence-electron chi connectivity index (χ4n) is 4.75. The Bertz CT molecular complexity index is 1130. The van der Waals surface area contributed by atoms with Gasteiger partial charge in [0.05, 0.1) is 17.9 Å². The number of aromatic carboxylic acids is 1. The number of rotatable bonds is 7. The van der Waals surface area contributed by atoms with Crippen LogP contribution < -0.4 is 9.46 Å². The van der Waals surface area contributed by atoms with Gasteiger partial charge in [-0.05, 0) is 79.4 Å². The van der Waals surface area contributed by atoms with Crippen LogP contribution in [0.4, 0.5) is 10.1 Å². The van der Waals surface area contributed by atoms with Gasteiger partial charge >= 0.3 is 5.97 Å². The molecule has 0 bridgehead atoms. The van der Waals surface area contributed by atoms with Gasteiger partial charge in [0.2, 0.25) is 0 Å². The normalized spacial score (nSPS) is 23.1. The van der Waals surface area contributed by atoms with Gasteiger partial charge in [-0.1, -0.05) is 18.2 Å². The minimum atomic E-state index is -1.03. The molecule has 1 unspecified atom stereocenters. The minimum absolute atomic E-state index is 0.149. The molecule has 1 aliphatic carbocycles. The Hall–Kier alpha value is -2.55. The van der Waals surface area contributed by atoms with E-state index in [-0.39, 0.29) is 11.4 Å². The molecule has 0 aromatic heterocycles. The third kappa shape index (κ3) is 4.94. The Balaban J connectivity index is 1.30. The topological polar surface area (TPSA) is 82.0 Å². The highest BCUT2D eigenvalue weighted by molar-refractivity contribution is 8.00. The molecular formula is C26H29FN2O4S. The Morgan fingerprint density at radius 2 is 2.12 bits per heavy atom. The van der Waals surface area contributed by atoms with Gasteiger partial charge in [-0.15, -0.1) is 0 Å². The van der Waals surface area contributed by atoms with E-state index in [1.54, 1.807) is 12.1 Å².